The van der Waals surface area contributed by atoms with Gasteiger partial charge in [-0.25, -0.2) is 0 Å². The minimum atomic E-state index is -3.46. The lowest BCUT2D eigenvalue weighted by molar-refractivity contribution is -0.509. The Labute approximate surface area is 68.7 Å². The highest BCUT2D eigenvalue weighted by molar-refractivity contribution is 4.58. The minimum Gasteiger partial charge on any atom is -0.330 e. The van der Waals surface area contributed by atoms with Gasteiger partial charge in [0, 0.05) is 6.54 Å². The van der Waals surface area contributed by atoms with E-state index < -0.39 is 12.2 Å². The molecule has 0 fully saturated rings. The number of nitrogens with zero attached hydrogens (tertiary/aromatic N) is 1. The van der Waals surface area contributed by atoms with E-state index in [-0.39, 0.29) is 17.9 Å². The lowest BCUT2D eigenvalue weighted by Gasteiger charge is -2.35. The first kappa shape index (κ1) is 11.7. The van der Waals surface area contributed by atoms with Crippen molar-refractivity contribution < 1.29 is 30.6 Å². The molecule has 0 spiro atoms. The molecule has 0 heterocycles. The third kappa shape index (κ3) is 3.41. The van der Waals surface area contributed by atoms with Gasteiger partial charge in [-0.15, -0.1) is 4.90 Å². The first-order chi connectivity index (χ1) is 5.19. The van der Waals surface area contributed by atoms with E-state index in [0.717, 1.165) is 0 Å². The van der Waals surface area contributed by atoms with Crippen LogP contribution in [-0.2, 0) is 0 Å². The molecule has 7 nitrogen and oxygen atoms in total. The molecule has 0 bridgehead atoms. The van der Waals surface area contributed by atoms with E-state index in [0.29, 0.717) is 0 Å². The van der Waals surface area contributed by atoms with Gasteiger partial charge in [0.05, 0.1) is 0 Å². The number of rotatable bonds is 4. The fraction of sp³-hybridized carbons (Fsp3) is 1.00. The Bertz CT molecular complexity index is 122. The molecule has 0 rings (SSSR count). The van der Waals surface area contributed by atoms with Crippen molar-refractivity contribution in [1.29, 1.82) is 0 Å². The van der Waals surface area contributed by atoms with Crippen LogP contribution in [0.15, 0.2) is 0 Å². The van der Waals surface area contributed by atoms with E-state index >= 15 is 0 Å². The maximum atomic E-state index is 8.50. The van der Waals surface area contributed by atoms with Gasteiger partial charge in [-0.05, 0) is 6.42 Å². The van der Waals surface area contributed by atoms with Crippen molar-refractivity contribution in [1.82, 2.24) is 4.90 Å². The molecule has 0 saturated heterocycles. The van der Waals surface area contributed by atoms with Crippen molar-refractivity contribution in [3.63, 3.8) is 0 Å². The summed E-state index contributed by atoms with van der Waals surface area (Å²) in [6.07, 6.45) is -6.66. The predicted molar refractivity (Wildman–Crippen MR) is 35.8 cm³/mol. The zero-order chi connectivity index (χ0) is 9.99. The number of hydrogen-bond donors (Lipinski definition) is 6. The van der Waals surface area contributed by atoms with Gasteiger partial charge in [-0.2, -0.15) is 0 Å². The van der Waals surface area contributed by atoms with Crippen LogP contribution in [0.3, 0.4) is 0 Å². The lowest BCUT2D eigenvalue weighted by Crippen LogP contribution is -2.61. The molecular weight excluding hydrogens is 170 g/mol. The van der Waals surface area contributed by atoms with Crippen molar-refractivity contribution >= 4 is 0 Å². The summed E-state index contributed by atoms with van der Waals surface area (Å²) in [6.45, 7) is 1.26. The molecule has 0 atom stereocenters. The Morgan fingerprint density at radius 1 is 0.917 bits per heavy atom. The maximum Gasteiger partial charge on any atom is 0.352 e. The van der Waals surface area contributed by atoms with Gasteiger partial charge in [0.2, 0.25) is 0 Å². The summed E-state index contributed by atoms with van der Waals surface area (Å²) in [4.78, 5) is -0.111. The Kier molecular flexibility index (Phi) is 3.54. The molecule has 12 heavy (non-hydrogen) atoms. The second-order valence-corrected chi connectivity index (χ2v) is 2.35. The van der Waals surface area contributed by atoms with Gasteiger partial charge in [0.25, 0.3) is 0 Å². The Morgan fingerprint density at radius 3 is 1.33 bits per heavy atom. The predicted octanol–water partition coefficient (Wildman–Crippen LogP) is -3.13. The fourth-order valence-corrected chi connectivity index (χ4v) is 0.725. The third-order valence-electron chi connectivity index (χ3n) is 1.17. The summed E-state index contributed by atoms with van der Waals surface area (Å²) in [5.41, 5.74) is 0. The van der Waals surface area contributed by atoms with Crippen molar-refractivity contribution in [2.24, 2.45) is 0 Å². The molecule has 0 saturated carbocycles. The molecule has 7 heteroatoms. The molecule has 0 radical (unpaired) electrons. The van der Waals surface area contributed by atoms with E-state index in [2.05, 4.69) is 0 Å². The van der Waals surface area contributed by atoms with E-state index in [4.69, 9.17) is 30.6 Å². The molecule has 0 aliphatic heterocycles. The summed E-state index contributed by atoms with van der Waals surface area (Å²) >= 11 is 0. The van der Waals surface area contributed by atoms with Gasteiger partial charge in [0.1, 0.15) is 0 Å². The molecule has 0 aromatic rings. The topological polar surface area (TPSA) is 125 Å². The van der Waals surface area contributed by atoms with Crippen LogP contribution < -0.4 is 0 Å². The van der Waals surface area contributed by atoms with Crippen molar-refractivity contribution in [3.05, 3.63) is 0 Å². The molecule has 0 aliphatic carbocycles. The highest BCUT2D eigenvalue weighted by atomic mass is 16.8. The smallest absolute Gasteiger partial charge is 0.330 e. The standard InChI is InChI=1S/C5H13NO6/c1-2-3-6(4(7,8)9)5(10,11)12/h7-12H,2-3H2,1H3. The van der Waals surface area contributed by atoms with Crippen LogP contribution in [0.25, 0.3) is 0 Å². The highest BCUT2D eigenvalue weighted by Gasteiger charge is 2.43. The Morgan fingerprint density at radius 2 is 1.25 bits per heavy atom. The molecule has 0 aromatic carbocycles. The average Bonchev–Trinajstić information content (AvgIpc) is 1.77. The Hall–Kier alpha value is -0.280. The van der Waals surface area contributed by atoms with Crippen LogP contribution in [0.4, 0.5) is 0 Å². The van der Waals surface area contributed by atoms with Crippen LogP contribution in [-0.4, -0.2) is 54.3 Å². The lowest BCUT2D eigenvalue weighted by atomic mass is 10.4. The first-order valence-electron chi connectivity index (χ1n) is 3.31. The van der Waals surface area contributed by atoms with Gasteiger partial charge in [0.15, 0.2) is 0 Å². The minimum absolute atomic E-state index is 0.111. The van der Waals surface area contributed by atoms with Crippen LogP contribution in [0.2, 0.25) is 0 Å². The quantitative estimate of drug-likeness (QED) is 0.255. The zero-order valence-electron chi connectivity index (χ0n) is 6.54. The maximum absolute atomic E-state index is 8.50. The van der Waals surface area contributed by atoms with Crippen molar-refractivity contribution in [2.75, 3.05) is 6.54 Å². The molecule has 6 N–H and O–H groups in total. The summed E-state index contributed by atoms with van der Waals surface area (Å²) < 4.78 is 0. The summed E-state index contributed by atoms with van der Waals surface area (Å²) in [6, 6.07) is 0. The van der Waals surface area contributed by atoms with Gasteiger partial charge >= 0.3 is 12.2 Å². The van der Waals surface area contributed by atoms with Crippen LogP contribution >= 0.6 is 0 Å². The second kappa shape index (κ2) is 3.62. The second-order valence-electron chi connectivity index (χ2n) is 2.35. The first-order valence-corrected chi connectivity index (χ1v) is 3.31. The normalized spacial score (nSPS) is 14.0. The molecule has 0 amide bonds. The van der Waals surface area contributed by atoms with E-state index in [9.17, 15) is 0 Å². The van der Waals surface area contributed by atoms with E-state index in [1.165, 1.54) is 0 Å². The summed E-state index contributed by atoms with van der Waals surface area (Å²) in [5.74, 6) is 0. The van der Waals surface area contributed by atoms with E-state index in [1.807, 2.05) is 0 Å². The summed E-state index contributed by atoms with van der Waals surface area (Å²) in [7, 11) is 0. The van der Waals surface area contributed by atoms with Crippen molar-refractivity contribution in [2.45, 2.75) is 25.5 Å². The van der Waals surface area contributed by atoms with Crippen LogP contribution in [0.1, 0.15) is 13.3 Å². The Balaban J connectivity index is 4.45. The number of aliphatic hydroxyl groups is 6. The van der Waals surface area contributed by atoms with Crippen LogP contribution in [0, 0.1) is 0 Å². The SMILES string of the molecule is CCCN(C(O)(O)O)C(O)(O)O. The molecule has 0 aromatic heterocycles. The third-order valence-corrected chi connectivity index (χ3v) is 1.17. The van der Waals surface area contributed by atoms with Crippen LogP contribution in [0.5, 0.6) is 0 Å². The largest absolute Gasteiger partial charge is 0.352 e. The molecule has 0 aliphatic rings. The van der Waals surface area contributed by atoms with Crippen molar-refractivity contribution in [3.8, 4) is 0 Å². The average molecular weight is 183 g/mol. The van der Waals surface area contributed by atoms with E-state index in [1.54, 1.807) is 6.92 Å². The highest BCUT2D eigenvalue weighted by Crippen LogP contribution is 2.13. The molecular formula is C5H13NO6. The molecule has 0 unspecified atom stereocenters. The number of hydrogen-bond acceptors (Lipinski definition) is 7. The molecule has 74 valence electrons. The fourth-order valence-electron chi connectivity index (χ4n) is 0.725. The zero-order valence-corrected chi connectivity index (χ0v) is 6.54. The summed E-state index contributed by atoms with van der Waals surface area (Å²) in [5, 5.41) is 51.0. The van der Waals surface area contributed by atoms with Gasteiger partial charge < -0.3 is 30.6 Å². The van der Waals surface area contributed by atoms with Gasteiger partial charge in [-0.1, -0.05) is 6.92 Å². The van der Waals surface area contributed by atoms with Gasteiger partial charge in [-0.3, -0.25) is 0 Å². The monoisotopic (exact) mass is 183 g/mol.